The number of fused-ring (bicyclic) bond motifs is 16. The Morgan fingerprint density at radius 1 is 0.235 bits per heavy atom. The molecule has 0 N–H and O–H groups in total. The van der Waals surface area contributed by atoms with Crippen LogP contribution in [0.25, 0.3) is 44.6 Å². The topological polar surface area (TPSA) is 0 Å². The van der Waals surface area contributed by atoms with Crippen LogP contribution in [-0.4, -0.2) is 71.1 Å². The third-order valence-electron chi connectivity index (χ3n) is 12.4. The van der Waals surface area contributed by atoms with Gasteiger partial charge in [0.15, 0.2) is 0 Å². The average molecular weight is 1080 g/mol. The molecule has 8 bridgehead atoms. The Morgan fingerprint density at radius 3 is 0.515 bits per heavy atom. The fraction of sp³-hybridized carbons (Fsp3) is 0.400. The van der Waals surface area contributed by atoms with Crippen molar-refractivity contribution < 1.29 is 105 Å². The lowest BCUT2D eigenvalue weighted by Crippen LogP contribution is -2.49. The third-order valence-corrected chi connectivity index (χ3v) is 16.7. The zero-order valence-electron chi connectivity index (χ0n) is 33.0. The van der Waals surface area contributed by atoms with E-state index in [9.17, 15) is 0 Å². The number of aryl methyl sites for hydroxylation is 4. The zero-order valence-corrected chi connectivity index (χ0v) is 36.3. The highest BCUT2D eigenvalue weighted by Crippen LogP contribution is 2.72. The molecule has 0 amide bonds. The quantitative estimate of drug-likeness (QED) is 0.154. The van der Waals surface area contributed by atoms with E-state index >= 15 is 105 Å². The Balaban J connectivity index is 1.52. The van der Waals surface area contributed by atoms with Crippen molar-refractivity contribution in [1.29, 1.82) is 0 Å². The van der Waals surface area contributed by atoms with Crippen molar-refractivity contribution in [2.24, 2.45) is 0 Å². The normalized spacial score (nSPS) is 26.5. The minimum absolute atomic E-state index is 0.236. The maximum atomic E-state index is 16.1. The molecule has 0 unspecified atom stereocenters. The number of thiophene rings is 4. The van der Waals surface area contributed by atoms with Crippen LogP contribution in [0.3, 0.4) is 0 Å². The van der Waals surface area contributed by atoms with Crippen LogP contribution in [0.1, 0.15) is 61.3 Å². The summed E-state index contributed by atoms with van der Waals surface area (Å²) in [5, 5.41) is 0. The summed E-state index contributed by atoms with van der Waals surface area (Å²) in [6.07, 6.45) is 0. The van der Waals surface area contributed by atoms with Gasteiger partial charge in [0.2, 0.25) is 0 Å². The van der Waals surface area contributed by atoms with Gasteiger partial charge in [-0.2, -0.15) is 105 Å². The molecule has 0 atom stereocenters. The highest BCUT2D eigenvalue weighted by atomic mass is 32.1. The second-order valence-corrected chi connectivity index (χ2v) is 21.2. The van der Waals surface area contributed by atoms with Crippen molar-refractivity contribution in [3.05, 3.63) is 85.5 Å². The van der Waals surface area contributed by atoms with Gasteiger partial charge in [-0.05, 0) is 74.2 Å². The Labute approximate surface area is 378 Å². The minimum Gasteiger partial charge on any atom is -0.194 e. The molecule has 0 aliphatic heterocycles. The molecule has 9 rings (SSSR count). The van der Waals surface area contributed by atoms with Crippen LogP contribution in [0, 0.1) is 27.7 Å². The fourth-order valence-corrected chi connectivity index (χ4v) is 13.5. The van der Waals surface area contributed by atoms with Gasteiger partial charge in [-0.1, -0.05) is 0 Å². The highest BCUT2D eigenvalue weighted by molar-refractivity contribution is 7.15. The van der Waals surface area contributed by atoms with Crippen LogP contribution >= 0.6 is 45.3 Å². The molecule has 28 heteroatoms. The summed E-state index contributed by atoms with van der Waals surface area (Å²) < 4.78 is 380. The summed E-state index contributed by atoms with van der Waals surface area (Å²) in [4.78, 5) is -11.3. The van der Waals surface area contributed by atoms with Gasteiger partial charge in [-0.15, -0.1) is 45.3 Å². The number of alkyl halides is 24. The summed E-state index contributed by atoms with van der Waals surface area (Å²) >= 11 is -1.95. The van der Waals surface area contributed by atoms with E-state index in [0.29, 0.717) is 27.7 Å². The van der Waals surface area contributed by atoms with E-state index in [1.54, 1.807) is 0 Å². The molecule has 0 saturated carbocycles. The van der Waals surface area contributed by atoms with E-state index in [4.69, 9.17) is 0 Å². The molecule has 0 radical (unpaired) electrons. The van der Waals surface area contributed by atoms with Gasteiger partial charge in [0.25, 0.3) is 0 Å². The summed E-state index contributed by atoms with van der Waals surface area (Å²) in [6, 6.07) is -0.944. The van der Waals surface area contributed by atoms with E-state index < -0.39 is 222 Å². The molecule has 4 aromatic heterocycles. The summed E-state index contributed by atoms with van der Waals surface area (Å²) in [6.45, 7) is 2.02. The van der Waals surface area contributed by atoms with Crippen LogP contribution < -0.4 is 0 Å². The molecule has 68 heavy (non-hydrogen) atoms. The van der Waals surface area contributed by atoms with Gasteiger partial charge in [0, 0.05) is 61.3 Å². The zero-order chi connectivity index (χ0) is 51.2. The smallest absolute Gasteiger partial charge is 0.194 e. The summed E-state index contributed by atoms with van der Waals surface area (Å²) in [7, 11) is 0. The Kier molecular flexibility index (Phi) is 9.47. The lowest BCUT2D eigenvalue weighted by atomic mass is 9.92. The SMILES string of the molecule is Cc1sc2cc1C1=C(c3cc(sc3C)C3=C(c4cc(c(C)s4)C4=C(c5cc(sc5C)C5=C2C(F)(F)C(F)(F)C5(F)F)C(F)(F)C(F)(F)C4(F)F)C(F)(F)C(F)(F)C3(F)F)C(F)(F)C(F)(F)C1(F)F. The van der Waals surface area contributed by atoms with E-state index in [-0.39, 0.29) is 24.3 Å². The van der Waals surface area contributed by atoms with Crippen molar-refractivity contribution >= 4 is 89.9 Å². The van der Waals surface area contributed by atoms with Gasteiger partial charge < -0.3 is 0 Å². The van der Waals surface area contributed by atoms with Gasteiger partial charge in [0.05, 0.1) is 22.3 Å². The first-order valence-corrected chi connectivity index (χ1v) is 21.7. The second kappa shape index (κ2) is 13.1. The standard InChI is InChI=1S/C40H16F24S4/c1-9-13-5-17(65-9)25-26(34(51,52)39(61,62)33(25,49)50)18-7-15(11(3)67-18)23-24(32(47,48)38(59,60)31(23,45)46)16-8-20(68-12(16)4)28-27(35(53,54)40(63,64)36(28,55)56)19-6-14(10(2)66-19)22-21(13)29(41,42)37(57,58)30(22,43)44/h5-8H,1-4H3. The van der Waals surface area contributed by atoms with Gasteiger partial charge in [-0.25, -0.2) is 0 Å². The Bertz CT molecular complexity index is 2680. The molecular formula is C40H16F24S4. The highest BCUT2D eigenvalue weighted by Gasteiger charge is 2.85. The molecule has 0 saturated heterocycles. The number of halogens is 24. The molecule has 0 spiro atoms. The minimum atomic E-state index is -6.63. The van der Waals surface area contributed by atoms with Crippen molar-refractivity contribution in [2.75, 3.05) is 0 Å². The summed E-state index contributed by atoms with van der Waals surface area (Å²) in [5.41, 5.74) is -27.7. The molecule has 0 aromatic carbocycles. The fourth-order valence-electron chi connectivity index (χ4n) is 9.04. The first kappa shape index (κ1) is 49.1. The monoisotopic (exact) mass is 1080 g/mol. The number of allylic oxidation sites excluding steroid dienone is 8. The molecule has 0 nitrogen and oxygen atoms in total. The number of rotatable bonds is 0. The van der Waals surface area contributed by atoms with E-state index in [1.165, 1.54) is 0 Å². The average Bonchev–Trinajstić information content (AvgIpc) is 4.00. The first-order valence-electron chi connectivity index (χ1n) is 18.5. The largest absolute Gasteiger partial charge is 0.380 e. The molecule has 368 valence electrons. The molecule has 5 aliphatic carbocycles. The van der Waals surface area contributed by atoms with Crippen molar-refractivity contribution in [3.8, 4) is 0 Å². The van der Waals surface area contributed by atoms with Crippen LogP contribution in [0.4, 0.5) is 105 Å². The lowest BCUT2D eigenvalue weighted by Gasteiger charge is -2.26. The van der Waals surface area contributed by atoms with Crippen molar-refractivity contribution in [1.82, 2.24) is 0 Å². The van der Waals surface area contributed by atoms with Gasteiger partial charge in [0.1, 0.15) is 0 Å². The van der Waals surface area contributed by atoms with E-state index in [2.05, 4.69) is 0 Å². The molecule has 4 aromatic rings. The summed E-state index contributed by atoms with van der Waals surface area (Å²) in [5.74, 6) is -76.4. The lowest BCUT2D eigenvalue weighted by molar-refractivity contribution is -0.254. The predicted octanol–water partition coefficient (Wildman–Crippen LogP) is 16.8. The third kappa shape index (κ3) is 5.15. The molecule has 4 heterocycles. The molecule has 5 aliphatic rings. The maximum absolute atomic E-state index is 16.1. The van der Waals surface area contributed by atoms with Gasteiger partial charge >= 0.3 is 71.1 Å². The number of hydrogen-bond acceptors (Lipinski definition) is 4. The van der Waals surface area contributed by atoms with Crippen LogP contribution in [-0.2, 0) is 0 Å². The second-order valence-electron chi connectivity index (χ2n) is 16.2. The van der Waals surface area contributed by atoms with Crippen molar-refractivity contribution in [3.63, 3.8) is 0 Å². The van der Waals surface area contributed by atoms with Crippen molar-refractivity contribution in [2.45, 2.75) is 98.8 Å². The van der Waals surface area contributed by atoms with Gasteiger partial charge in [-0.3, -0.25) is 0 Å². The Morgan fingerprint density at radius 2 is 0.368 bits per heavy atom. The van der Waals surface area contributed by atoms with Crippen LogP contribution in [0.2, 0.25) is 0 Å². The molecular weight excluding hydrogens is 1060 g/mol. The number of hydrogen-bond donors (Lipinski definition) is 0. The van der Waals surface area contributed by atoms with Crippen LogP contribution in [0.15, 0.2) is 24.3 Å². The van der Waals surface area contributed by atoms with E-state index in [1.807, 2.05) is 0 Å². The first-order chi connectivity index (χ1) is 30.5. The Hall–Kier alpha value is -3.92. The maximum Gasteiger partial charge on any atom is 0.380 e. The van der Waals surface area contributed by atoms with E-state index in [0.717, 1.165) is 0 Å². The predicted molar refractivity (Wildman–Crippen MR) is 203 cm³/mol. The van der Waals surface area contributed by atoms with Crippen LogP contribution in [0.5, 0.6) is 0 Å². The molecule has 0 fully saturated rings.